The third kappa shape index (κ3) is 2.86. The molecule has 1 aromatic carbocycles. The van der Waals surface area contributed by atoms with Crippen molar-refractivity contribution in [1.29, 1.82) is 0 Å². The number of hydrogen-bond donors (Lipinski definition) is 0. The van der Waals surface area contributed by atoms with Gasteiger partial charge in [-0.2, -0.15) is 0 Å². The summed E-state index contributed by atoms with van der Waals surface area (Å²) in [7, 11) is 0. The molecule has 0 spiro atoms. The number of nitrogens with zero attached hydrogens (tertiary/aromatic N) is 1. The summed E-state index contributed by atoms with van der Waals surface area (Å²) in [5.74, 6) is 0.0522. The van der Waals surface area contributed by atoms with Gasteiger partial charge < -0.3 is 0 Å². The fourth-order valence-electron chi connectivity index (χ4n) is 2.25. The molecule has 2 aliphatic rings. The standard InChI is InChI=1S/C16H17NOS4/c1-5-17-13(18)12(22-15(17)19)14-20-10-7-6-9(16(2,3)4)8-11(10)21-14/h6-8H,5H2,1-4H3. The summed E-state index contributed by atoms with van der Waals surface area (Å²) in [4.78, 5) is 17.4. The number of benzene rings is 1. The lowest BCUT2D eigenvalue weighted by molar-refractivity contribution is -0.122. The van der Waals surface area contributed by atoms with Crippen LogP contribution in [0.25, 0.3) is 0 Å². The number of fused-ring (bicyclic) bond motifs is 1. The van der Waals surface area contributed by atoms with Crippen molar-refractivity contribution in [2.45, 2.75) is 42.9 Å². The molecule has 0 aliphatic carbocycles. The van der Waals surface area contributed by atoms with Crippen LogP contribution in [0.4, 0.5) is 0 Å². The van der Waals surface area contributed by atoms with Crippen LogP contribution in [-0.2, 0) is 10.2 Å². The molecule has 6 heteroatoms. The van der Waals surface area contributed by atoms with Crippen molar-refractivity contribution in [2.24, 2.45) is 0 Å². The van der Waals surface area contributed by atoms with Gasteiger partial charge in [-0.3, -0.25) is 9.69 Å². The Morgan fingerprint density at radius 2 is 1.82 bits per heavy atom. The van der Waals surface area contributed by atoms with E-state index in [4.69, 9.17) is 12.2 Å². The van der Waals surface area contributed by atoms with E-state index < -0.39 is 0 Å². The Balaban J connectivity index is 1.93. The van der Waals surface area contributed by atoms with Crippen molar-refractivity contribution in [3.63, 3.8) is 0 Å². The van der Waals surface area contributed by atoms with Gasteiger partial charge in [-0.15, -0.1) is 0 Å². The maximum absolute atomic E-state index is 12.4. The van der Waals surface area contributed by atoms with Crippen LogP contribution in [0.5, 0.6) is 0 Å². The number of thiocarbonyl (C=S) groups is 1. The van der Waals surface area contributed by atoms with Crippen LogP contribution in [0, 0.1) is 0 Å². The van der Waals surface area contributed by atoms with E-state index in [2.05, 4.69) is 39.0 Å². The number of thioether (sulfide) groups is 3. The maximum atomic E-state index is 12.4. The lowest BCUT2D eigenvalue weighted by Crippen LogP contribution is -2.27. The second-order valence-corrected chi connectivity index (χ2v) is 10.2. The van der Waals surface area contributed by atoms with E-state index in [-0.39, 0.29) is 11.3 Å². The molecule has 116 valence electrons. The molecular weight excluding hydrogens is 350 g/mol. The van der Waals surface area contributed by atoms with E-state index in [1.807, 2.05) is 6.92 Å². The van der Waals surface area contributed by atoms with Gasteiger partial charge in [-0.1, -0.05) is 74.3 Å². The van der Waals surface area contributed by atoms with Crippen LogP contribution in [0.2, 0.25) is 0 Å². The van der Waals surface area contributed by atoms with Crippen LogP contribution in [0.1, 0.15) is 33.3 Å². The molecule has 0 aromatic heterocycles. The predicted octanol–water partition coefficient (Wildman–Crippen LogP) is 5.23. The van der Waals surface area contributed by atoms with Gasteiger partial charge in [0.25, 0.3) is 5.91 Å². The summed E-state index contributed by atoms with van der Waals surface area (Å²) < 4.78 is 1.73. The lowest BCUT2D eigenvalue weighted by Gasteiger charge is -2.19. The van der Waals surface area contributed by atoms with E-state index >= 15 is 0 Å². The lowest BCUT2D eigenvalue weighted by atomic mass is 9.87. The summed E-state index contributed by atoms with van der Waals surface area (Å²) in [6, 6.07) is 6.61. The molecule has 22 heavy (non-hydrogen) atoms. The monoisotopic (exact) mass is 367 g/mol. The molecule has 1 fully saturated rings. The normalized spacial score (nSPS) is 21.7. The zero-order valence-electron chi connectivity index (χ0n) is 12.9. The predicted molar refractivity (Wildman–Crippen MR) is 101 cm³/mol. The highest BCUT2D eigenvalue weighted by Gasteiger charge is 2.36. The highest BCUT2D eigenvalue weighted by Crippen LogP contribution is 2.55. The number of likely N-dealkylation sites (N-methyl/N-ethyl adjacent to an activating group) is 1. The second-order valence-electron chi connectivity index (χ2n) is 6.15. The van der Waals surface area contributed by atoms with Gasteiger partial charge in [0.2, 0.25) is 0 Å². The Hall–Kier alpha value is -0.430. The molecule has 1 amide bonds. The average Bonchev–Trinajstić information content (AvgIpc) is 2.97. The Morgan fingerprint density at radius 3 is 2.41 bits per heavy atom. The average molecular weight is 368 g/mol. The quantitative estimate of drug-likeness (QED) is 0.499. The Bertz CT molecular complexity index is 703. The van der Waals surface area contributed by atoms with Crippen LogP contribution in [-0.4, -0.2) is 21.7 Å². The van der Waals surface area contributed by atoms with Crippen molar-refractivity contribution >= 4 is 57.7 Å². The topological polar surface area (TPSA) is 20.3 Å². The van der Waals surface area contributed by atoms with Crippen LogP contribution in [0.15, 0.2) is 37.1 Å². The molecule has 2 nitrogen and oxygen atoms in total. The minimum Gasteiger partial charge on any atom is -0.293 e. The van der Waals surface area contributed by atoms with Gasteiger partial charge in [0.05, 0.1) is 4.24 Å². The molecule has 2 aliphatic heterocycles. The summed E-state index contributed by atoms with van der Waals surface area (Å²) in [6.07, 6.45) is 0. The second kappa shape index (κ2) is 5.89. The first-order valence-corrected chi connectivity index (χ1v) is 9.95. The summed E-state index contributed by atoms with van der Waals surface area (Å²) in [6.45, 7) is 9.24. The number of carbonyl (C=O) groups is 1. The fourth-order valence-corrected chi connectivity index (χ4v) is 6.35. The highest BCUT2D eigenvalue weighted by molar-refractivity contribution is 8.30. The summed E-state index contributed by atoms with van der Waals surface area (Å²) >= 11 is 10.1. The van der Waals surface area contributed by atoms with E-state index in [1.54, 1.807) is 28.4 Å². The first kappa shape index (κ1) is 16.4. The smallest absolute Gasteiger partial charge is 0.267 e. The molecule has 0 saturated carbocycles. The molecule has 0 radical (unpaired) electrons. The fraction of sp³-hybridized carbons (Fsp3) is 0.375. The molecule has 1 aromatic rings. The van der Waals surface area contributed by atoms with Gasteiger partial charge in [-0.05, 0) is 30.0 Å². The molecule has 0 N–H and O–H groups in total. The van der Waals surface area contributed by atoms with E-state index in [9.17, 15) is 4.79 Å². The van der Waals surface area contributed by atoms with E-state index in [1.165, 1.54) is 27.1 Å². The minimum atomic E-state index is 0.0522. The van der Waals surface area contributed by atoms with Gasteiger partial charge in [0.1, 0.15) is 9.23 Å². The summed E-state index contributed by atoms with van der Waals surface area (Å²) in [5, 5.41) is 0. The van der Waals surface area contributed by atoms with Crippen molar-refractivity contribution in [2.75, 3.05) is 6.54 Å². The highest BCUT2D eigenvalue weighted by atomic mass is 32.2. The Kier molecular flexibility index (Phi) is 4.40. The van der Waals surface area contributed by atoms with Gasteiger partial charge in [-0.25, -0.2) is 0 Å². The third-order valence-corrected chi connectivity index (χ3v) is 7.81. The molecule has 1 saturated heterocycles. The largest absolute Gasteiger partial charge is 0.293 e. The number of amides is 1. The number of hydrogen-bond acceptors (Lipinski definition) is 5. The summed E-state index contributed by atoms with van der Waals surface area (Å²) in [5.41, 5.74) is 1.45. The third-order valence-electron chi connectivity index (χ3n) is 3.57. The Morgan fingerprint density at radius 1 is 1.14 bits per heavy atom. The van der Waals surface area contributed by atoms with E-state index in [0.29, 0.717) is 10.9 Å². The molecule has 0 atom stereocenters. The van der Waals surface area contributed by atoms with Crippen molar-refractivity contribution in [3.05, 3.63) is 32.9 Å². The molecule has 3 rings (SSSR count). The molecule has 2 heterocycles. The van der Waals surface area contributed by atoms with Gasteiger partial charge >= 0.3 is 0 Å². The molecular formula is C16H17NOS4. The van der Waals surface area contributed by atoms with Crippen LogP contribution >= 0.6 is 47.5 Å². The van der Waals surface area contributed by atoms with Gasteiger partial charge in [0.15, 0.2) is 0 Å². The van der Waals surface area contributed by atoms with Crippen LogP contribution in [0.3, 0.4) is 0 Å². The van der Waals surface area contributed by atoms with Crippen molar-refractivity contribution < 1.29 is 4.79 Å². The zero-order chi connectivity index (χ0) is 16.1. The first-order chi connectivity index (χ1) is 10.3. The Labute approximate surface area is 149 Å². The molecule has 0 unspecified atom stereocenters. The number of carbonyl (C=O) groups excluding carboxylic acids is 1. The number of rotatable bonds is 1. The van der Waals surface area contributed by atoms with Crippen molar-refractivity contribution in [3.8, 4) is 0 Å². The first-order valence-electron chi connectivity index (χ1n) is 7.09. The van der Waals surface area contributed by atoms with Crippen molar-refractivity contribution in [1.82, 2.24) is 4.90 Å². The van der Waals surface area contributed by atoms with E-state index in [0.717, 1.165) is 9.14 Å². The van der Waals surface area contributed by atoms with Gasteiger partial charge in [0, 0.05) is 16.3 Å². The SMILES string of the molecule is CCN1C(=O)C(=C2Sc3ccc(C(C)(C)C)cc3S2)SC1=S. The maximum Gasteiger partial charge on any atom is 0.267 e. The minimum absolute atomic E-state index is 0.0522. The molecule has 0 bridgehead atoms. The van der Waals surface area contributed by atoms with Crippen LogP contribution < -0.4 is 0 Å². The zero-order valence-corrected chi connectivity index (χ0v) is 16.2.